The van der Waals surface area contributed by atoms with Gasteiger partial charge in [-0.2, -0.15) is 0 Å². The van der Waals surface area contributed by atoms with Gasteiger partial charge in [0.1, 0.15) is 0 Å². The molecular formula is C31H20BrN5. The van der Waals surface area contributed by atoms with E-state index in [1.807, 2.05) is 42.6 Å². The Bertz CT molecular complexity index is 1660. The summed E-state index contributed by atoms with van der Waals surface area (Å²) in [5.41, 5.74) is 8.95. The fourth-order valence-corrected chi connectivity index (χ4v) is 4.68. The molecule has 6 rings (SSSR count). The van der Waals surface area contributed by atoms with E-state index in [0.717, 1.165) is 54.8 Å². The van der Waals surface area contributed by atoms with Crippen molar-refractivity contribution in [1.82, 2.24) is 24.9 Å². The molecule has 4 heterocycles. The number of nitrogens with zero attached hydrogens (tertiary/aromatic N) is 5. The third-order valence-corrected chi connectivity index (χ3v) is 6.51. The van der Waals surface area contributed by atoms with Gasteiger partial charge in [-0.05, 0) is 76.9 Å². The highest BCUT2D eigenvalue weighted by Gasteiger charge is 2.13. The van der Waals surface area contributed by atoms with Crippen LogP contribution < -0.4 is 0 Å². The van der Waals surface area contributed by atoms with E-state index in [-0.39, 0.29) is 0 Å². The summed E-state index contributed by atoms with van der Waals surface area (Å²) in [4.78, 5) is 22.4. The van der Waals surface area contributed by atoms with Crippen LogP contribution in [-0.4, -0.2) is 24.9 Å². The van der Waals surface area contributed by atoms with Gasteiger partial charge in [0.2, 0.25) is 0 Å². The number of halogens is 1. The molecule has 5 nitrogen and oxygen atoms in total. The molecule has 0 spiro atoms. The predicted molar refractivity (Wildman–Crippen MR) is 150 cm³/mol. The van der Waals surface area contributed by atoms with Gasteiger partial charge in [-0.1, -0.05) is 46.3 Å². The van der Waals surface area contributed by atoms with Crippen molar-refractivity contribution in [3.8, 4) is 56.2 Å². The van der Waals surface area contributed by atoms with E-state index in [9.17, 15) is 0 Å². The van der Waals surface area contributed by atoms with Gasteiger partial charge in [0, 0.05) is 58.3 Å². The van der Waals surface area contributed by atoms with E-state index in [2.05, 4.69) is 79.4 Å². The molecule has 2 aromatic carbocycles. The fraction of sp³-hybridized carbons (Fsp3) is 0. The van der Waals surface area contributed by atoms with E-state index in [4.69, 9.17) is 9.97 Å². The summed E-state index contributed by atoms with van der Waals surface area (Å²) in [6.45, 7) is 0. The van der Waals surface area contributed by atoms with Crippen molar-refractivity contribution in [2.24, 2.45) is 0 Å². The molecule has 0 N–H and O–H groups in total. The zero-order valence-corrected chi connectivity index (χ0v) is 21.2. The van der Waals surface area contributed by atoms with E-state index in [1.165, 1.54) is 0 Å². The Morgan fingerprint density at radius 2 is 1.03 bits per heavy atom. The Kier molecular flexibility index (Phi) is 6.31. The molecule has 0 saturated carbocycles. The zero-order chi connectivity index (χ0) is 25.0. The fourth-order valence-electron chi connectivity index (χ4n) is 4.19. The van der Waals surface area contributed by atoms with Crippen molar-refractivity contribution in [3.63, 3.8) is 0 Å². The summed E-state index contributed by atoms with van der Waals surface area (Å²) in [5, 5.41) is 0. The molecule has 0 unspecified atom stereocenters. The maximum atomic E-state index is 4.96. The Hall–Kier alpha value is -4.55. The third-order valence-electron chi connectivity index (χ3n) is 6.05. The van der Waals surface area contributed by atoms with Crippen LogP contribution in [0.4, 0.5) is 0 Å². The van der Waals surface area contributed by atoms with E-state index < -0.39 is 0 Å². The van der Waals surface area contributed by atoms with Crippen LogP contribution in [0.15, 0.2) is 127 Å². The summed E-state index contributed by atoms with van der Waals surface area (Å²) >= 11 is 3.69. The van der Waals surface area contributed by atoms with Gasteiger partial charge in [0.25, 0.3) is 0 Å². The van der Waals surface area contributed by atoms with Crippen LogP contribution in [0.25, 0.3) is 56.2 Å². The lowest BCUT2D eigenvalue weighted by atomic mass is 10.0. The molecule has 0 radical (unpaired) electrons. The highest BCUT2D eigenvalue weighted by atomic mass is 79.9. The van der Waals surface area contributed by atoms with Crippen molar-refractivity contribution in [2.75, 3.05) is 0 Å². The van der Waals surface area contributed by atoms with Gasteiger partial charge in [-0.25, -0.2) is 9.97 Å². The largest absolute Gasteiger partial charge is 0.265 e. The lowest BCUT2D eigenvalue weighted by Gasteiger charge is -2.11. The van der Waals surface area contributed by atoms with Gasteiger partial charge in [0.15, 0.2) is 5.82 Å². The normalized spacial score (nSPS) is 10.8. The van der Waals surface area contributed by atoms with Crippen LogP contribution in [0.3, 0.4) is 0 Å². The molecule has 0 saturated heterocycles. The summed E-state index contributed by atoms with van der Waals surface area (Å²) in [7, 11) is 0. The molecule has 6 aromatic rings. The number of hydrogen-bond donors (Lipinski definition) is 0. The highest BCUT2D eigenvalue weighted by molar-refractivity contribution is 9.10. The molecule has 4 aromatic heterocycles. The number of rotatable bonds is 5. The first-order valence-corrected chi connectivity index (χ1v) is 12.5. The lowest BCUT2D eigenvalue weighted by molar-refractivity contribution is 1.17. The van der Waals surface area contributed by atoms with Gasteiger partial charge in [-0.15, -0.1) is 0 Å². The van der Waals surface area contributed by atoms with E-state index in [0.29, 0.717) is 5.82 Å². The highest BCUT2D eigenvalue weighted by Crippen LogP contribution is 2.33. The molecule has 0 amide bonds. The quantitative estimate of drug-likeness (QED) is 0.223. The molecule has 0 fully saturated rings. The van der Waals surface area contributed by atoms with Crippen molar-refractivity contribution < 1.29 is 0 Å². The Morgan fingerprint density at radius 1 is 0.432 bits per heavy atom. The topological polar surface area (TPSA) is 64.5 Å². The molecule has 0 aliphatic heterocycles. The van der Waals surface area contributed by atoms with Crippen LogP contribution in [0.1, 0.15) is 0 Å². The number of benzene rings is 2. The minimum Gasteiger partial charge on any atom is -0.265 e. The summed E-state index contributed by atoms with van der Waals surface area (Å²) < 4.78 is 0.975. The maximum Gasteiger partial charge on any atom is 0.160 e. The van der Waals surface area contributed by atoms with Crippen LogP contribution in [-0.2, 0) is 0 Å². The Balaban J connectivity index is 1.47. The molecule has 0 bridgehead atoms. The molecule has 37 heavy (non-hydrogen) atoms. The number of hydrogen-bond acceptors (Lipinski definition) is 5. The molecule has 0 aliphatic carbocycles. The molecule has 176 valence electrons. The second-order valence-corrected chi connectivity index (χ2v) is 9.40. The molecular weight excluding hydrogens is 522 g/mol. The summed E-state index contributed by atoms with van der Waals surface area (Å²) in [6.07, 6.45) is 10.8. The standard InChI is InChI=1S/C31H20BrN5/c32-28-17-26(22-7-12-33-13-8-22)16-27(18-28)30-19-29(36-31(37-30)24-9-14-34-15-10-24)23-5-3-21(4-6-23)25-2-1-11-35-20-25/h1-20H. The van der Waals surface area contributed by atoms with Gasteiger partial charge in [0.05, 0.1) is 11.4 Å². The third kappa shape index (κ3) is 5.06. The second kappa shape index (κ2) is 10.2. The first kappa shape index (κ1) is 22.9. The Labute approximate surface area is 223 Å². The molecule has 0 atom stereocenters. The van der Waals surface area contributed by atoms with E-state index in [1.54, 1.807) is 31.0 Å². The van der Waals surface area contributed by atoms with Crippen LogP contribution in [0.5, 0.6) is 0 Å². The lowest BCUT2D eigenvalue weighted by Crippen LogP contribution is -1.96. The summed E-state index contributed by atoms with van der Waals surface area (Å²) in [6, 6.07) is 28.6. The first-order chi connectivity index (χ1) is 18.2. The minimum atomic E-state index is 0.650. The van der Waals surface area contributed by atoms with E-state index >= 15 is 0 Å². The minimum absolute atomic E-state index is 0.650. The van der Waals surface area contributed by atoms with Crippen LogP contribution in [0, 0.1) is 0 Å². The van der Waals surface area contributed by atoms with Crippen molar-refractivity contribution in [3.05, 3.63) is 127 Å². The maximum absolute atomic E-state index is 4.96. The smallest absolute Gasteiger partial charge is 0.160 e. The molecule has 6 heteroatoms. The monoisotopic (exact) mass is 541 g/mol. The van der Waals surface area contributed by atoms with Crippen molar-refractivity contribution in [2.45, 2.75) is 0 Å². The number of aromatic nitrogens is 5. The molecule has 0 aliphatic rings. The first-order valence-electron chi connectivity index (χ1n) is 11.7. The Morgan fingerprint density at radius 3 is 1.70 bits per heavy atom. The average molecular weight is 542 g/mol. The number of pyridine rings is 3. The zero-order valence-electron chi connectivity index (χ0n) is 19.7. The van der Waals surface area contributed by atoms with Gasteiger partial charge in [-0.3, -0.25) is 15.0 Å². The second-order valence-electron chi connectivity index (χ2n) is 8.48. The predicted octanol–water partition coefficient (Wildman–Crippen LogP) is 7.76. The van der Waals surface area contributed by atoms with Crippen LogP contribution >= 0.6 is 15.9 Å². The SMILES string of the molecule is Brc1cc(-c2ccncc2)cc(-c2cc(-c3ccc(-c4cccnc4)cc3)nc(-c3ccncc3)n2)c1. The van der Waals surface area contributed by atoms with Crippen LogP contribution in [0.2, 0.25) is 0 Å². The van der Waals surface area contributed by atoms with Gasteiger partial charge >= 0.3 is 0 Å². The van der Waals surface area contributed by atoms with Crippen molar-refractivity contribution >= 4 is 15.9 Å². The van der Waals surface area contributed by atoms with Crippen molar-refractivity contribution in [1.29, 1.82) is 0 Å². The summed E-state index contributed by atoms with van der Waals surface area (Å²) in [5.74, 6) is 0.650. The van der Waals surface area contributed by atoms with Gasteiger partial charge < -0.3 is 0 Å². The average Bonchev–Trinajstić information content (AvgIpc) is 2.98.